The average Bonchev–Trinajstić information content (AvgIpc) is 3.18. The lowest BCUT2D eigenvalue weighted by Gasteiger charge is -2.22. The Morgan fingerprint density at radius 3 is 2.21 bits per heavy atom. The summed E-state index contributed by atoms with van der Waals surface area (Å²) >= 11 is 1.03. The number of urea groups is 1. The van der Waals surface area contributed by atoms with Crippen molar-refractivity contribution in [1.82, 2.24) is 9.88 Å². The number of amides is 2. The van der Waals surface area contributed by atoms with E-state index in [2.05, 4.69) is 10.3 Å². The van der Waals surface area contributed by atoms with E-state index in [1.54, 1.807) is 6.92 Å². The molecular formula is C19H19F6N3O4S. The van der Waals surface area contributed by atoms with Gasteiger partial charge in [0.05, 0.1) is 30.9 Å². The molecule has 14 heteroatoms. The van der Waals surface area contributed by atoms with Crippen molar-refractivity contribution >= 4 is 29.0 Å². The van der Waals surface area contributed by atoms with Gasteiger partial charge in [-0.25, -0.2) is 14.6 Å². The van der Waals surface area contributed by atoms with Crippen LogP contribution in [0.1, 0.15) is 33.5 Å². The molecule has 0 radical (unpaired) electrons. The van der Waals surface area contributed by atoms with Crippen molar-refractivity contribution in [1.29, 1.82) is 0 Å². The van der Waals surface area contributed by atoms with Crippen LogP contribution >= 0.6 is 11.3 Å². The number of rotatable bonds is 8. The van der Waals surface area contributed by atoms with E-state index in [4.69, 9.17) is 9.47 Å². The van der Waals surface area contributed by atoms with E-state index in [0.29, 0.717) is 17.1 Å². The van der Waals surface area contributed by atoms with Crippen LogP contribution in [0.25, 0.3) is 0 Å². The summed E-state index contributed by atoms with van der Waals surface area (Å²) in [7, 11) is 1.35. The largest absolute Gasteiger partial charge is 0.461 e. The Balaban J connectivity index is 2.27. The maximum atomic E-state index is 13.1. The van der Waals surface area contributed by atoms with E-state index < -0.39 is 41.2 Å². The molecule has 0 aliphatic heterocycles. The fourth-order valence-corrected chi connectivity index (χ4v) is 3.31. The molecule has 0 saturated carbocycles. The zero-order valence-electron chi connectivity index (χ0n) is 17.3. The highest BCUT2D eigenvalue weighted by molar-refractivity contribution is 7.09. The van der Waals surface area contributed by atoms with E-state index in [1.807, 2.05) is 0 Å². The quantitative estimate of drug-likeness (QED) is 0.407. The molecule has 0 aliphatic carbocycles. The van der Waals surface area contributed by atoms with Crippen LogP contribution in [0.15, 0.2) is 23.6 Å². The summed E-state index contributed by atoms with van der Waals surface area (Å²) in [6.45, 7) is 1.54. The summed E-state index contributed by atoms with van der Waals surface area (Å²) < 4.78 is 88.1. The highest BCUT2D eigenvalue weighted by atomic mass is 32.1. The van der Waals surface area contributed by atoms with Crippen molar-refractivity contribution in [3.05, 3.63) is 45.4 Å². The van der Waals surface area contributed by atoms with E-state index in [1.165, 1.54) is 12.5 Å². The number of esters is 1. The molecule has 1 aromatic carbocycles. The lowest BCUT2D eigenvalue weighted by Crippen LogP contribution is -2.37. The molecule has 2 aromatic rings. The molecule has 0 atom stereocenters. The van der Waals surface area contributed by atoms with Gasteiger partial charge in [-0.15, -0.1) is 11.3 Å². The van der Waals surface area contributed by atoms with Gasteiger partial charge >= 0.3 is 24.4 Å². The second-order valence-corrected chi connectivity index (χ2v) is 7.43. The highest BCUT2D eigenvalue weighted by Gasteiger charge is 2.37. The molecule has 182 valence electrons. The minimum absolute atomic E-state index is 0.0108. The Morgan fingerprint density at radius 1 is 1.09 bits per heavy atom. The Labute approximate surface area is 188 Å². The third-order valence-corrected chi connectivity index (χ3v) is 4.89. The minimum Gasteiger partial charge on any atom is -0.461 e. The molecule has 2 rings (SSSR count). The van der Waals surface area contributed by atoms with Gasteiger partial charge in [-0.2, -0.15) is 26.3 Å². The summed E-state index contributed by atoms with van der Waals surface area (Å²) in [6.07, 6.45) is -10.1. The summed E-state index contributed by atoms with van der Waals surface area (Å²) in [5, 5.41) is 3.76. The number of halogens is 6. The molecule has 7 nitrogen and oxygen atoms in total. The molecule has 0 fully saturated rings. The first kappa shape index (κ1) is 26.4. The number of alkyl halides is 6. The van der Waals surface area contributed by atoms with Crippen LogP contribution in [0.3, 0.4) is 0 Å². The lowest BCUT2D eigenvalue weighted by molar-refractivity contribution is -0.143. The lowest BCUT2D eigenvalue weighted by atomic mass is 10.1. The predicted molar refractivity (Wildman–Crippen MR) is 106 cm³/mol. The fourth-order valence-electron chi connectivity index (χ4n) is 2.53. The van der Waals surface area contributed by atoms with Crippen molar-refractivity contribution in [2.45, 2.75) is 25.8 Å². The SMILES string of the molecule is CCOC(=O)c1csc(CN(CCOC)C(=O)Nc2cc(C(F)(F)F)cc(C(F)(F)F)c2)n1. The number of anilines is 1. The van der Waals surface area contributed by atoms with Crippen molar-refractivity contribution in [2.75, 3.05) is 32.2 Å². The number of thiazole rings is 1. The smallest absolute Gasteiger partial charge is 0.416 e. The molecule has 33 heavy (non-hydrogen) atoms. The first-order chi connectivity index (χ1) is 15.3. The fraction of sp³-hybridized carbons (Fsp3) is 0.421. The zero-order valence-corrected chi connectivity index (χ0v) is 18.2. The molecule has 0 spiro atoms. The molecule has 0 unspecified atom stereocenters. The van der Waals surface area contributed by atoms with E-state index >= 15 is 0 Å². The number of carbonyl (C=O) groups excluding carboxylic acids is 2. The number of methoxy groups -OCH3 is 1. The Morgan fingerprint density at radius 2 is 1.70 bits per heavy atom. The maximum absolute atomic E-state index is 13.1. The van der Waals surface area contributed by atoms with Crippen LogP contribution in [0.2, 0.25) is 0 Å². The number of ether oxygens (including phenoxy) is 2. The molecule has 0 bridgehead atoms. The van der Waals surface area contributed by atoms with Crippen LogP contribution in [0, 0.1) is 0 Å². The molecular weight excluding hydrogens is 480 g/mol. The van der Waals surface area contributed by atoms with Crippen molar-refractivity contribution in [3.8, 4) is 0 Å². The van der Waals surface area contributed by atoms with Gasteiger partial charge in [0.1, 0.15) is 5.01 Å². The summed E-state index contributed by atoms with van der Waals surface area (Å²) in [6, 6.07) is -0.203. The van der Waals surface area contributed by atoms with Gasteiger partial charge < -0.3 is 19.7 Å². The van der Waals surface area contributed by atoms with Crippen LogP contribution in [-0.4, -0.2) is 48.8 Å². The molecule has 0 saturated heterocycles. The highest BCUT2D eigenvalue weighted by Crippen LogP contribution is 2.37. The van der Waals surface area contributed by atoms with Crippen molar-refractivity contribution in [3.63, 3.8) is 0 Å². The van der Waals surface area contributed by atoms with E-state index in [-0.39, 0.29) is 38.1 Å². The number of aromatic nitrogens is 1. The Kier molecular flexibility index (Phi) is 8.66. The molecule has 0 aliphatic rings. The van der Waals surface area contributed by atoms with Gasteiger partial charge in [-0.3, -0.25) is 0 Å². The standard InChI is InChI=1S/C19H19F6N3O4S/c1-3-32-16(29)14-10-33-15(27-14)9-28(4-5-31-2)17(30)26-13-7-11(18(20,21)22)6-12(8-13)19(23,24)25/h6-8,10H,3-5,9H2,1-2H3,(H,26,30). The molecule has 2 amide bonds. The van der Waals surface area contributed by atoms with E-state index in [9.17, 15) is 35.9 Å². The van der Waals surface area contributed by atoms with E-state index in [0.717, 1.165) is 16.2 Å². The first-order valence-electron chi connectivity index (χ1n) is 9.31. The second-order valence-electron chi connectivity index (χ2n) is 6.49. The van der Waals surface area contributed by atoms with Crippen LogP contribution in [0.5, 0.6) is 0 Å². The van der Waals surface area contributed by atoms with Crippen LogP contribution in [0.4, 0.5) is 36.8 Å². The first-order valence-corrected chi connectivity index (χ1v) is 10.2. The normalized spacial score (nSPS) is 11.9. The van der Waals surface area contributed by atoms with Gasteiger partial charge in [0, 0.05) is 24.7 Å². The van der Waals surface area contributed by atoms with Gasteiger partial charge in [-0.05, 0) is 25.1 Å². The number of benzene rings is 1. The minimum atomic E-state index is -5.05. The number of nitrogens with zero attached hydrogens (tertiary/aromatic N) is 2. The molecule has 1 aromatic heterocycles. The van der Waals surface area contributed by atoms with Crippen molar-refractivity contribution in [2.24, 2.45) is 0 Å². The summed E-state index contributed by atoms with van der Waals surface area (Å²) in [5.74, 6) is -0.670. The van der Waals surface area contributed by atoms with Crippen LogP contribution in [-0.2, 0) is 28.4 Å². The summed E-state index contributed by atoms with van der Waals surface area (Å²) in [5.41, 5.74) is -3.79. The molecule has 1 N–H and O–H groups in total. The predicted octanol–water partition coefficient (Wildman–Crippen LogP) is 5.04. The Bertz CT molecular complexity index is 945. The zero-order chi connectivity index (χ0) is 24.8. The average molecular weight is 499 g/mol. The monoisotopic (exact) mass is 499 g/mol. The number of nitrogens with one attached hydrogen (secondary N) is 1. The number of hydrogen-bond donors (Lipinski definition) is 1. The van der Waals surface area contributed by atoms with Gasteiger partial charge in [-0.1, -0.05) is 0 Å². The van der Waals surface area contributed by atoms with Crippen LogP contribution < -0.4 is 5.32 Å². The van der Waals surface area contributed by atoms with Gasteiger partial charge in [0.2, 0.25) is 0 Å². The van der Waals surface area contributed by atoms with Gasteiger partial charge in [0.25, 0.3) is 0 Å². The Hall–Kier alpha value is -2.87. The van der Waals surface area contributed by atoms with Gasteiger partial charge in [0.15, 0.2) is 5.69 Å². The summed E-state index contributed by atoms with van der Waals surface area (Å²) in [4.78, 5) is 29.5. The van der Waals surface area contributed by atoms with Crippen molar-refractivity contribution < 1.29 is 45.4 Å². The topological polar surface area (TPSA) is 80.8 Å². The number of carbonyl (C=O) groups is 2. The number of hydrogen-bond acceptors (Lipinski definition) is 6. The third kappa shape index (κ3) is 7.60. The second kappa shape index (κ2) is 10.8. The maximum Gasteiger partial charge on any atom is 0.416 e. The third-order valence-electron chi connectivity index (χ3n) is 4.05. The molecule has 1 heterocycles.